The molecule has 0 N–H and O–H groups in total. The fraction of sp³-hybridized carbons (Fsp3) is 0.217. The summed E-state index contributed by atoms with van der Waals surface area (Å²) in [6, 6.07) is 17.6. The molecule has 0 aliphatic heterocycles. The van der Waals surface area contributed by atoms with E-state index in [-0.39, 0.29) is 18.3 Å². The smallest absolute Gasteiger partial charge is 0.306 e. The van der Waals surface area contributed by atoms with Crippen molar-refractivity contribution in [1.82, 2.24) is 20.0 Å². The first-order valence-corrected chi connectivity index (χ1v) is 9.77. The zero-order chi connectivity index (χ0) is 20.9. The molecule has 0 aliphatic carbocycles. The summed E-state index contributed by atoms with van der Waals surface area (Å²) in [4.78, 5) is 12.3. The zero-order valence-corrected chi connectivity index (χ0v) is 16.9. The quantitative estimate of drug-likeness (QED) is 0.424. The van der Waals surface area contributed by atoms with Crippen LogP contribution < -0.4 is 0 Å². The van der Waals surface area contributed by atoms with Crippen LogP contribution in [0.4, 0.5) is 0 Å². The van der Waals surface area contributed by atoms with Gasteiger partial charge in [0.05, 0.1) is 11.9 Å². The minimum atomic E-state index is -0.615. The summed E-state index contributed by atoms with van der Waals surface area (Å²) in [6.45, 7) is 3.73. The van der Waals surface area contributed by atoms with E-state index in [0.717, 1.165) is 22.4 Å². The van der Waals surface area contributed by atoms with E-state index in [1.54, 1.807) is 17.8 Å². The molecule has 1 atom stereocenters. The molecule has 152 valence electrons. The van der Waals surface area contributed by atoms with E-state index in [1.807, 2.05) is 67.7 Å². The highest BCUT2D eigenvalue weighted by Crippen LogP contribution is 2.23. The Labute approximate surface area is 174 Å². The Bertz CT molecular complexity index is 1120. The van der Waals surface area contributed by atoms with Crippen molar-refractivity contribution in [3.63, 3.8) is 0 Å². The first-order valence-electron chi connectivity index (χ1n) is 9.77. The third-order valence-electron chi connectivity index (χ3n) is 4.67. The van der Waals surface area contributed by atoms with Gasteiger partial charge in [0.25, 0.3) is 5.89 Å². The molecule has 4 aromatic rings. The number of nitrogens with zero attached hydrogens (tertiary/aromatic N) is 4. The van der Waals surface area contributed by atoms with Crippen molar-refractivity contribution in [2.75, 3.05) is 0 Å². The van der Waals surface area contributed by atoms with Gasteiger partial charge in [-0.15, -0.1) is 10.2 Å². The fourth-order valence-corrected chi connectivity index (χ4v) is 2.98. The van der Waals surface area contributed by atoms with Gasteiger partial charge in [-0.25, -0.2) is 4.68 Å². The number of aromatic nitrogens is 4. The average molecular weight is 402 g/mol. The van der Waals surface area contributed by atoms with E-state index in [4.69, 9.17) is 9.15 Å². The number of rotatable bonds is 7. The Morgan fingerprint density at radius 1 is 1.10 bits per heavy atom. The number of carbonyl (C=O) groups excluding carboxylic acids is 1. The van der Waals surface area contributed by atoms with Crippen LogP contribution in [-0.2, 0) is 16.0 Å². The molecule has 0 saturated carbocycles. The van der Waals surface area contributed by atoms with Gasteiger partial charge in [0.15, 0.2) is 6.10 Å². The van der Waals surface area contributed by atoms with Crippen molar-refractivity contribution in [2.24, 2.45) is 0 Å². The molecule has 0 radical (unpaired) electrons. The molecule has 0 amide bonds. The van der Waals surface area contributed by atoms with Crippen molar-refractivity contribution in [2.45, 2.75) is 32.8 Å². The molecule has 2 aromatic carbocycles. The average Bonchev–Trinajstić information content (AvgIpc) is 3.44. The van der Waals surface area contributed by atoms with Crippen molar-refractivity contribution < 1.29 is 13.9 Å². The molecule has 7 heteroatoms. The van der Waals surface area contributed by atoms with Gasteiger partial charge in [-0.2, -0.15) is 5.10 Å². The summed E-state index contributed by atoms with van der Waals surface area (Å²) in [6.07, 6.45) is 3.84. The normalized spacial score (nSPS) is 11.9. The van der Waals surface area contributed by atoms with Gasteiger partial charge in [0.2, 0.25) is 5.89 Å². The van der Waals surface area contributed by atoms with E-state index in [2.05, 4.69) is 15.3 Å². The van der Waals surface area contributed by atoms with Crippen molar-refractivity contribution in [1.29, 1.82) is 0 Å². The number of hydrogen-bond acceptors (Lipinski definition) is 6. The van der Waals surface area contributed by atoms with E-state index >= 15 is 0 Å². The molecule has 2 heterocycles. The number of aryl methyl sites for hydroxylation is 2. The maximum atomic E-state index is 12.3. The van der Waals surface area contributed by atoms with Gasteiger partial charge in [0, 0.05) is 18.2 Å². The molecule has 7 nitrogen and oxygen atoms in total. The first-order chi connectivity index (χ1) is 14.6. The van der Waals surface area contributed by atoms with Crippen molar-refractivity contribution >= 4 is 5.97 Å². The highest BCUT2D eigenvalue weighted by molar-refractivity contribution is 5.70. The fourth-order valence-electron chi connectivity index (χ4n) is 2.98. The molecule has 0 bridgehead atoms. The Balaban J connectivity index is 1.31. The maximum Gasteiger partial charge on any atom is 0.306 e. The van der Waals surface area contributed by atoms with Gasteiger partial charge >= 0.3 is 5.97 Å². The summed E-state index contributed by atoms with van der Waals surface area (Å²) < 4.78 is 12.9. The Hall–Kier alpha value is -3.74. The number of benzene rings is 2. The van der Waals surface area contributed by atoms with Crippen LogP contribution in [0.1, 0.15) is 36.5 Å². The van der Waals surface area contributed by atoms with Gasteiger partial charge in [-0.1, -0.05) is 35.9 Å². The minimum Gasteiger partial charge on any atom is -0.453 e. The Kier molecular flexibility index (Phi) is 5.70. The molecule has 0 spiro atoms. The molecule has 0 aliphatic rings. The van der Waals surface area contributed by atoms with Crippen molar-refractivity contribution in [3.8, 4) is 17.1 Å². The zero-order valence-electron chi connectivity index (χ0n) is 16.9. The molecular formula is C23H22N4O3. The highest BCUT2D eigenvalue weighted by atomic mass is 16.6. The predicted octanol–water partition coefficient (Wildman–Crippen LogP) is 4.47. The first kappa shape index (κ1) is 19.6. The van der Waals surface area contributed by atoms with Gasteiger partial charge in [-0.05, 0) is 50.1 Å². The van der Waals surface area contributed by atoms with Crippen LogP contribution in [-0.4, -0.2) is 25.9 Å². The second-order valence-electron chi connectivity index (χ2n) is 7.07. The van der Waals surface area contributed by atoms with Crippen LogP contribution >= 0.6 is 0 Å². The lowest BCUT2D eigenvalue weighted by atomic mass is 10.1. The molecule has 1 unspecified atom stereocenters. The van der Waals surface area contributed by atoms with Crippen LogP contribution in [0.2, 0.25) is 0 Å². The molecule has 2 aromatic heterocycles. The van der Waals surface area contributed by atoms with Gasteiger partial charge < -0.3 is 9.15 Å². The summed E-state index contributed by atoms with van der Waals surface area (Å²) in [5.74, 6) is 0.349. The lowest BCUT2D eigenvalue weighted by Crippen LogP contribution is -2.10. The molecule has 30 heavy (non-hydrogen) atoms. The lowest BCUT2D eigenvalue weighted by molar-refractivity contribution is -0.149. The number of hydrogen-bond donors (Lipinski definition) is 0. The molecular weight excluding hydrogens is 380 g/mol. The maximum absolute atomic E-state index is 12.3. The Morgan fingerprint density at radius 2 is 1.87 bits per heavy atom. The number of ether oxygens (including phenoxy) is 1. The molecule has 4 rings (SSSR count). The van der Waals surface area contributed by atoms with Crippen LogP contribution in [0.3, 0.4) is 0 Å². The van der Waals surface area contributed by atoms with E-state index in [0.29, 0.717) is 12.3 Å². The monoisotopic (exact) mass is 402 g/mol. The second-order valence-corrected chi connectivity index (χ2v) is 7.07. The molecule has 0 saturated heterocycles. The lowest BCUT2D eigenvalue weighted by Gasteiger charge is -2.08. The summed E-state index contributed by atoms with van der Waals surface area (Å²) in [5, 5.41) is 12.4. The van der Waals surface area contributed by atoms with Crippen LogP contribution in [0.5, 0.6) is 0 Å². The second kappa shape index (κ2) is 8.73. The summed E-state index contributed by atoms with van der Waals surface area (Å²) in [7, 11) is 0. The number of carbonyl (C=O) groups is 1. The third kappa shape index (κ3) is 4.63. The largest absolute Gasteiger partial charge is 0.453 e. The van der Waals surface area contributed by atoms with E-state index in [9.17, 15) is 4.79 Å². The molecule has 0 fully saturated rings. The predicted molar refractivity (Wildman–Crippen MR) is 111 cm³/mol. The summed E-state index contributed by atoms with van der Waals surface area (Å²) in [5.41, 5.74) is 3.91. The number of esters is 1. The summed E-state index contributed by atoms with van der Waals surface area (Å²) >= 11 is 0. The number of para-hydroxylation sites is 1. The SMILES string of the molecule is Cc1ccc(-c2nnc(C(C)OC(=O)CCc3cnn(-c4ccccc4)c3)o2)cc1. The highest BCUT2D eigenvalue weighted by Gasteiger charge is 2.19. The van der Waals surface area contributed by atoms with E-state index in [1.165, 1.54) is 0 Å². The van der Waals surface area contributed by atoms with Gasteiger partial charge in [-0.3, -0.25) is 4.79 Å². The van der Waals surface area contributed by atoms with E-state index < -0.39 is 6.10 Å². The van der Waals surface area contributed by atoms with Crippen LogP contribution in [0, 0.1) is 6.92 Å². The van der Waals surface area contributed by atoms with Crippen LogP contribution in [0.25, 0.3) is 17.1 Å². The van der Waals surface area contributed by atoms with Gasteiger partial charge in [0.1, 0.15) is 0 Å². The van der Waals surface area contributed by atoms with Crippen molar-refractivity contribution in [3.05, 3.63) is 84.0 Å². The minimum absolute atomic E-state index is 0.240. The topological polar surface area (TPSA) is 83.0 Å². The Morgan fingerprint density at radius 3 is 2.63 bits per heavy atom. The third-order valence-corrected chi connectivity index (χ3v) is 4.67. The van der Waals surface area contributed by atoms with Crippen LogP contribution in [0.15, 0.2) is 71.4 Å². The standard InChI is InChI=1S/C23H22N4O3/c1-16-8-11-19(12-9-16)23-26-25-22(30-23)17(2)29-21(28)13-10-18-14-24-27(15-18)20-6-4-3-5-7-20/h3-9,11-12,14-15,17H,10,13H2,1-2H3.